The lowest BCUT2D eigenvalue weighted by atomic mass is 9.87. The summed E-state index contributed by atoms with van der Waals surface area (Å²) < 4.78 is 9.26. The van der Waals surface area contributed by atoms with E-state index >= 15 is 0 Å². The maximum atomic E-state index is 13.1. The number of nitrogens with zero attached hydrogens (tertiary/aromatic N) is 2. The highest BCUT2D eigenvalue weighted by Gasteiger charge is 2.54. The van der Waals surface area contributed by atoms with Gasteiger partial charge in [-0.1, -0.05) is 18.2 Å². The predicted molar refractivity (Wildman–Crippen MR) is 99.7 cm³/mol. The van der Waals surface area contributed by atoms with Gasteiger partial charge in [0.25, 0.3) is 5.91 Å². The molecule has 6 nitrogen and oxygen atoms in total. The zero-order valence-electron chi connectivity index (χ0n) is 15.8. The van der Waals surface area contributed by atoms with Crippen molar-refractivity contribution in [3.05, 3.63) is 36.0 Å². The van der Waals surface area contributed by atoms with Crippen LogP contribution in [-0.4, -0.2) is 64.6 Å². The summed E-state index contributed by atoms with van der Waals surface area (Å²) in [5.74, 6) is -0.652. The highest BCUT2D eigenvalue weighted by molar-refractivity contribution is 5.98. The number of hydrazine groups is 1. The van der Waals surface area contributed by atoms with Gasteiger partial charge in [0.15, 0.2) is 0 Å². The van der Waals surface area contributed by atoms with E-state index in [1.54, 1.807) is 0 Å². The van der Waals surface area contributed by atoms with E-state index in [0.29, 0.717) is 18.8 Å². The van der Waals surface area contributed by atoms with Crippen molar-refractivity contribution in [2.24, 2.45) is 5.89 Å². The Morgan fingerprint density at radius 3 is 3.04 bits per heavy atom. The van der Waals surface area contributed by atoms with Crippen molar-refractivity contribution in [1.82, 2.24) is 25.6 Å². The van der Waals surface area contributed by atoms with Gasteiger partial charge < -0.3 is 15.2 Å². The lowest BCUT2D eigenvalue weighted by Crippen LogP contribution is -2.59. The zero-order chi connectivity index (χ0) is 18.2. The van der Waals surface area contributed by atoms with E-state index in [1.807, 2.05) is 35.2 Å². The third kappa shape index (κ3) is 2.25. The highest BCUT2D eigenvalue weighted by atomic mass is 16.2. The van der Waals surface area contributed by atoms with Crippen molar-refractivity contribution in [3.63, 3.8) is 0 Å². The van der Waals surface area contributed by atoms with Crippen LogP contribution in [-0.2, 0) is 0 Å². The first-order valence-electron chi connectivity index (χ1n) is 10.2. The van der Waals surface area contributed by atoms with E-state index < -0.39 is 5.89 Å². The van der Waals surface area contributed by atoms with E-state index in [2.05, 4.69) is 20.7 Å². The second kappa shape index (κ2) is 5.31. The molecule has 3 saturated heterocycles. The predicted octanol–water partition coefficient (Wildman–Crippen LogP) is 1.32. The summed E-state index contributed by atoms with van der Waals surface area (Å²) >= 11 is 0. The minimum absolute atomic E-state index is 0.0113. The molecule has 6 rings (SSSR count). The van der Waals surface area contributed by atoms with Crippen molar-refractivity contribution in [1.29, 1.82) is 0 Å². The molecule has 4 aliphatic rings. The Morgan fingerprint density at radius 1 is 1.31 bits per heavy atom. The first-order chi connectivity index (χ1) is 13.1. The lowest BCUT2D eigenvalue weighted by Gasteiger charge is -2.39. The molecule has 0 radical (unpaired) electrons. The molecule has 1 spiro atoms. The van der Waals surface area contributed by atoms with Crippen LogP contribution in [0.2, 0.25) is 0 Å². The summed E-state index contributed by atoms with van der Waals surface area (Å²) in [7, 11) is 0. The number of nitrogens with one attached hydrogen (secondary N) is 3. The second-order valence-corrected chi connectivity index (χ2v) is 8.35. The van der Waals surface area contributed by atoms with Crippen LogP contribution in [0.25, 0.3) is 10.9 Å². The van der Waals surface area contributed by atoms with Crippen molar-refractivity contribution in [3.8, 4) is 0 Å². The summed E-state index contributed by atoms with van der Waals surface area (Å²) in [6.45, 7) is 2.99. The molecule has 1 amide bonds. The molecule has 6 heteroatoms. The van der Waals surface area contributed by atoms with Crippen LogP contribution < -0.4 is 10.7 Å². The van der Waals surface area contributed by atoms with Crippen molar-refractivity contribution in [2.45, 2.75) is 36.9 Å². The zero-order valence-corrected chi connectivity index (χ0v) is 14.8. The third-order valence-electron chi connectivity index (χ3n) is 6.68. The Kier molecular flexibility index (Phi) is 2.90. The number of hydrogen-bond donors (Lipinski definition) is 3. The summed E-state index contributed by atoms with van der Waals surface area (Å²) in [6, 6.07) is 10.1. The van der Waals surface area contributed by atoms with Gasteiger partial charge in [-0.3, -0.25) is 10.2 Å². The van der Waals surface area contributed by atoms with E-state index in [-0.39, 0.29) is 23.5 Å². The molecule has 1 aromatic carbocycles. The van der Waals surface area contributed by atoms with E-state index in [0.717, 1.165) is 30.4 Å². The number of aromatic amines is 1. The SMILES string of the molecule is [2H]C12CN(C(=O)c3cc4ccccc4[nH]3)CCC1NN1CC3(CC3)NCC12. The van der Waals surface area contributed by atoms with Gasteiger partial charge in [0, 0.05) is 62.0 Å². The number of amides is 1. The number of rotatable bonds is 1. The van der Waals surface area contributed by atoms with Crippen LogP contribution >= 0.6 is 0 Å². The maximum absolute atomic E-state index is 13.1. The fraction of sp³-hybridized carbons (Fsp3) is 0.550. The molecule has 4 fully saturated rings. The minimum atomic E-state index is -0.663. The Labute approximate surface area is 154 Å². The largest absolute Gasteiger partial charge is 0.351 e. The van der Waals surface area contributed by atoms with Gasteiger partial charge in [-0.15, -0.1) is 0 Å². The molecule has 0 bridgehead atoms. The summed E-state index contributed by atoms with van der Waals surface area (Å²) in [5, 5.41) is 7.04. The number of para-hydroxylation sites is 1. The Bertz CT molecular complexity index is 891. The number of aromatic nitrogens is 1. The molecular formula is C20H25N5O. The number of likely N-dealkylation sites (tertiary alicyclic amines) is 1. The molecule has 4 heterocycles. The van der Waals surface area contributed by atoms with Gasteiger partial charge in [-0.25, -0.2) is 5.01 Å². The van der Waals surface area contributed by atoms with Crippen molar-refractivity contribution >= 4 is 16.8 Å². The van der Waals surface area contributed by atoms with Gasteiger partial charge in [-0.2, -0.15) is 0 Å². The Hall–Kier alpha value is -1.89. The average Bonchev–Trinajstić information content (AvgIpc) is 3.16. The molecule has 136 valence electrons. The summed E-state index contributed by atoms with van der Waals surface area (Å²) in [4.78, 5) is 18.3. The molecule has 1 aromatic heterocycles. The van der Waals surface area contributed by atoms with Crippen molar-refractivity contribution in [2.75, 3.05) is 26.2 Å². The van der Waals surface area contributed by atoms with Crippen LogP contribution in [0, 0.1) is 5.89 Å². The van der Waals surface area contributed by atoms with Crippen LogP contribution in [0.4, 0.5) is 0 Å². The van der Waals surface area contributed by atoms with Crippen molar-refractivity contribution < 1.29 is 6.17 Å². The molecule has 3 unspecified atom stereocenters. The number of H-pyrrole nitrogens is 1. The number of piperidine rings is 1. The topological polar surface area (TPSA) is 63.4 Å². The second-order valence-electron chi connectivity index (χ2n) is 8.35. The first kappa shape index (κ1) is 14.2. The Balaban J connectivity index is 1.25. The number of benzene rings is 1. The molecule has 3 aliphatic heterocycles. The van der Waals surface area contributed by atoms with Gasteiger partial charge in [0.05, 0.1) is 0 Å². The maximum Gasteiger partial charge on any atom is 0.270 e. The van der Waals surface area contributed by atoms with Gasteiger partial charge >= 0.3 is 0 Å². The van der Waals surface area contributed by atoms with Crippen LogP contribution in [0.3, 0.4) is 0 Å². The summed E-state index contributed by atoms with van der Waals surface area (Å²) in [5.41, 5.74) is 5.50. The van der Waals surface area contributed by atoms with Crippen LogP contribution in [0.1, 0.15) is 31.1 Å². The molecule has 1 saturated carbocycles. The molecule has 26 heavy (non-hydrogen) atoms. The fourth-order valence-electron chi connectivity index (χ4n) is 4.97. The fourth-order valence-corrected chi connectivity index (χ4v) is 4.97. The van der Waals surface area contributed by atoms with Crippen LogP contribution in [0.15, 0.2) is 30.3 Å². The minimum Gasteiger partial charge on any atom is -0.351 e. The van der Waals surface area contributed by atoms with Gasteiger partial charge in [0.2, 0.25) is 0 Å². The number of fused-ring (bicyclic) bond motifs is 4. The Morgan fingerprint density at radius 2 is 2.19 bits per heavy atom. The molecule has 2 aromatic rings. The normalized spacial score (nSPS) is 36.0. The third-order valence-corrected chi connectivity index (χ3v) is 6.68. The first-order valence-corrected chi connectivity index (χ1v) is 9.71. The number of carbonyl (C=O) groups excluding carboxylic acids is 1. The summed E-state index contributed by atoms with van der Waals surface area (Å²) in [6.07, 6.45) is 3.30. The number of piperazine rings is 1. The molecule has 1 aliphatic carbocycles. The highest BCUT2D eigenvalue weighted by Crippen LogP contribution is 2.42. The van der Waals surface area contributed by atoms with E-state index in [1.165, 1.54) is 12.8 Å². The monoisotopic (exact) mass is 352 g/mol. The van der Waals surface area contributed by atoms with Gasteiger partial charge in [0.1, 0.15) is 5.69 Å². The lowest BCUT2D eigenvalue weighted by molar-refractivity contribution is 0.0623. The van der Waals surface area contributed by atoms with E-state index in [4.69, 9.17) is 0 Å². The average molecular weight is 352 g/mol. The smallest absolute Gasteiger partial charge is 0.270 e. The number of carbonyl (C=O) groups is 1. The standard InChI is InChI=1S/C20H25N5O/c26-19(17-9-13-3-1-2-4-15(13)22-17)24-8-5-16-14(11-24)18-10-21-20(6-7-20)12-25(18)23-16/h1-4,9,14,16,18,21-23H,5-8,10-12H2/i14D. The quantitative estimate of drug-likeness (QED) is 0.724. The van der Waals surface area contributed by atoms with E-state index in [9.17, 15) is 6.17 Å². The molecule has 3 N–H and O–H groups in total. The van der Waals surface area contributed by atoms with Gasteiger partial charge in [-0.05, 0) is 31.4 Å². The number of hydrogen-bond acceptors (Lipinski definition) is 4. The molecular weight excluding hydrogens is 326 g/mol. The van der Waals surface area contributed by atoms with Crippen LogP contribution in [0.5, 0.6) is 0 Å². The molecule has 3 atom stereocenters.